The number of rotatable bonds is 5. The van der Waals surface area contributed by atoms with E-state index in [0.29, 0.717) is 18.4 Å². The van der Waals surface area contributed by atoms with Gasteiger partial charge in [0.2, 0.25) is 0 Å². The minimum absolute atomic E-state index is 0.442. The molecule has 0 atom stereocenters. The number of nitrogens with zero attached hydrogens (tertiary/aromatic N) is 3. The molecule has 0 amide bonds. The quantitative estimate of drug-likeness (QED) is 0.647. The Bertz CT molecular complexity index is 533. The molecule has 0 radical (unpaired) electrons. The van der Waals surface area contributed by atoms with E-state index in [1.54, 1.807) is 6.33 Å². The molecule has 1 fully saturated rings. The first-order valence-corrected chi connectivity index (χ1v) is 7.43. The molecule has 6 nitrogen and oxygen atoms in total. The Morgan fingerprint density at radius 2 is 2.00 bits per heavy atom. The van der Waals surface area contributed by atoms with E-state index >= 15 is 0 Å². The minimum Gasteiger partial charge on any atom is -0.376 e. The SMILES string of the molecule is c1nc(NCCOC2CCCCCC2)c2[nH]cnc2n1. The second-order valence-corrected chi connectivity index (χ2v) is 5.23. The van der Waals surface area contributed by atoms with Crippen molar-refractivity contribution in [2.24, 2.45) is 0 Å². The molecule has 0 saturated heterocycles. The van der Waals surface area contributed by atoms with Crippen LogP contribution in [0.4, 0.5) is 5.82 Å². The van der Waals surface area contributed by atoms with Crippen molar-refractivity contribution in [1.29, 1.82) is 0 Å². The first-order valence-electron chi connectivity index (χ1n) is 7.43. The second kappa shape index (κ2) is 6.65. The maximum atomic E-state index is 5.95. The Hall–Kier alpha value is -1.69. The number of ether oxygens (including phenoxy) is 1. The van der Waals surface area contributed by atoms with Crippen molar-refractivity contribution < 1.29 is 4.74 Å². The highest BCUT2D eigenvalue weighted by Gasteiger charge is 2.12. The molecule has 0 bridgehead atoms. The molecule has 3 rings (SSSR count). The lowest BCUT2D eigenvalue weighted by Crippen LogP contribution is -2.18. The van der Waals surface area contributed by atoms with Crippen LogP contribution in [0.3, 0.4) is 0 Å². The number of H-pyrrole nitrogens is 1. The van der Waals surface area contributed by atoms with E-state index in [-0.39, 0.29) is 0 Å². The van der Waals surface area contributed by atoms with Crippen LogP contribution in [0, 0.1) is 0 Å². The fourth-order valence-corrected chi connectivity index (χ4v) is 2.70. The summed E-state index contributed by atoms with van der Waals surface area (Å²) in [7, 11) is 0. The number of hydrogen-bond donors (Lipinski definition) is 2. The van der Waals surface area contributed by atoms with Crippen molar-refractivity contribution >= 4 is 17.0 Å². The Balaban J connectivity index is 1.46. The lowest BCUT2D eigenvalue weighted by Gasteiger charge is -2.15. The zero-order valence-electron chi connectivity index (χ0n) is 11.6. The molecule has 2 N–H and O–H groups in total. The summed E-state index contributed by atoms with van der Waals surface area (Å²) in [5, 5.41) is 3.28. The molecule has 0 aromatic carbocycles. The molecule has 0 unspecified atom stereocenters. The molecule has 1 aliphatic rings. The maximum Gasteiger partial charge on any atom is 0.182 e. The summed E-state index contributed by atoms with van der Waals surface area (Å²) in [5.41, 5.74) is 1.54. The van der Waals surface area contributed by atoms with E-state index in [4.69, 9.17) is 4.74 Å². The van der Waals surface area contributed by atoms with Gasteiger partial charge in [0.25, 0.3) is 0 Å². The van der Waals surface area contributed by atoms with Gasteiger partial charge in [-0.3, -0.25) is 0 Å². The third kappa shape index (κ3) is 3.25. The molecule has 20 heavy (non-hydrogen) atoms. The molecule has 0 spiro atoms. The number of imidazole rings is 1. The van der Waals surface area contributed by atoms with Crippen LogP contribution in [0.15, 0.2) is 12.7 Å². The Kier molecular flexibility index (Phi) is 4.42. The molecule has 1 aliphatic carbocycles. The van der Waals surface area contributed by atoms with E-state index < -0.39 is 0 Å². The van der Waals surface area contributed by atoms with E-state index in [2.05, 4.69) is 25.3 Å². The van der Waals surface area contributed by atoms with Gasteiger partial charge in [-0.2, -0.15) is 0 Å². The van der Waals surface area contributed by atoms with Gasteiger partial charge in [-0.1, -0.05) is 25.7 Å². The van der Waals surface area contributed by atoms with Crippen LogP contribution >= 0.6 is 0 Å². The van der Waals surface area contributed by atoms with Crippen LogP contribution in [0.2, 0.25) is 0 Å². The highest BCUT2D eigenvalue weighted by Crippen LogP contribution is 2.19. The van der Waals surface area contributed by atoms with Crippen LogP contribution in [0.25, 0.3) is 11.2 Å². The van der Waals surface area contributed by atoms with Gasteiger partial charge in [0.1, 0.15) is 11.8 Å². The molecule has 6 heteroatoms. The second-order valence-electron chi connectivity index (χ2n) is 5.23. The summed E-state index contributed by atoms with van der Waals surface area (Å²) in [4.78, 5) is 15.5. The zero-order valence-corrected chi connectivity index (χ0v) is 11.6. The molecular formula is C14H21N5O. The Labute approximate surface area is 118 Å². The van der Waals surface area contributed by atoms with E-state index in [0.717, 1.165) is 17.9 Å². The number of aromatic amines is 1. The van der Waals surface area contributed by atoms with Gasteiger partial charge in [0, 0.05) is 6.54 Å². The summed E-state index contributed by atoms with van der Waals surface area (Å²) >= 11 is 0. The van der Waals surface area contributed by atoms with Crippen LogP contribution in [-0.4, -0.2) is 39.2 Å². The van der Waals surface area contributed by atoms with Crippen molar-refractivity contribution in [2.75, 3.05) is 18.5 Å². The van der Waals surface area contributed by atoms with Gasteiger partial charge in [-0.05, 0) is 12.8 Å². The van der Waals surface area contributed by atoms with Crippen molar-refractivity contribution in [2.45, 2.75) is 44.6 Å². The van der Waals surface area contributed by atoms with Crippen molar-refractivity contribution in [3.8, 4) is 0 Å². The molecule has 2 aromatic heterocycles. The summed E-state index contributed by atoms with van der Waals surface area (Å²) in [6.45, 7) is 1.46. The summed E-state index contributed by atoms with van der Waals surface area (Å²) in [6, 6.07) is 0. The predicted octanol–water partition coefficient (Wildman–Crippen LogP) is 2.50. The number of anilines is 1. The van der Waals surface area contributed by atoms with E-state index in [1.165, 1.54) is 44.9 Å². The van der Waals surface area contributed by atoms with Crippen LogP contribution < -0.4 is 5.32 Å². The summed E-state index contributed by atoms with van der Waals surface area (Å²) in [6.07, 6.45) is 11.3. The van der Waals surface area contributed by atoms with Crippen LogP contribution in [0.5, 0.6) is 0 Å². The third-order valence-electron chi connectivity index (χ3n) is 3.77. The number of aromatic nitrogens is 4. The molecule has 1 saturated carbocycles. The highest BCUT2D eigenvalue weighted by atomic mass is 16.5. The van der Waals surface area contributed by atoms with Crippen LogP contribution in [-0.2, 0) is 4.74 Å². The normalized spacial score (nSPS) is 17.2. The van der Waals surface area contributed by atoms with Gasteiger partial charge in [0.15, 0.2) is 11.5 Å². The topological polar surface area (TPSA) is 75.7 Å². The average Bonchev–Trinajstić information content (AvgIpc) is 2.81. The minimum atomic E-state index is 0.442. The fourth-order valence-electron chi connectivity index (χ4n) is 2.70. The van der Waals surface area contributed by atoms with Gasteiger partial charge in [-0.15, -0.1) is 0 Å². The van der Waals surface area contributed by atoms with Gasteiger partial charge in [-0.25, -0.2) is 15.0 Å². The van der Waals surface area contributed by atoms with Gasteiger partial charge < -0.3 is 15.0 Å². The highest BCUT2D eigenvalue weighted by molar-refractivity contribution is 5.81. The lowest BCUT2D eigenvalue weighted by atomic mass is 10.1. The average molecular weight is 275 g/mol. The molecule has 2 aromatic rings. The molecule has 2 heterocycles. The number of fused-ring (bicyclic) bond motifs is 1. The standard InChI is InChI=1S/C14H21N5O/c1-2-4-6-11(5-3-1)20-8-7-15-13-12-14(17-9-16-12)19-10-18-13/h9-11H,1-8H2,(H2,15,16,17,18,19). The van der Waals surface area contributed by atoms with Crippen molar-refractivity contribution in [3.63, 3.8) is 0 Å². The van der Waals surface area contributed by atoms with Gasteiger partial charge in [0.05, 0.1) is 19.0 Å². The predicted molar refractivity (Wildman–Crippen MR) is 77.6 cm³/mol. The van der Waals surface area contributed by atoms with Crippen molar-refractivity contribution in [1.82, 2.24) is 19.9 Å². The molecule has 108 valence electrons. The van der Waals surface area contributed by atoms with Gasteiger partial charge >= 0.3 is 0 Å². The third-order valence-corrected chi connectivity index (χ3v) is 3.77. The molecule has 0 aliphatic heterocycles. The smallest absolute Gasteiger partial charge is 0.182 e. The monoisotopic (exact) mass is 275 g/mol. The van der Waals surface area contributed by atoms with Crippen molar-refractivity contribution in [3.05, 3.63) is 12.7 Å². The van der Waals surface area contributed by atoms with E-state index in [9.17, 15) is 0 Å². The Morgan fingerprint density at radius 3 is 2.85 bits per heavy atom. The Morgan fingerprint density at radius 1 is 1.15 bits per heavy atom. The largest absolute Gasteiger partial charge is 0.376 e. The first-order chi connectivity index (χ1) is 9.93. The number of nitrogens with one attached hydrogen (secondary N) is 2. The van der Waals surface area contributed by atoms with Crippen LogP contribution in [0.1, 0.15) is 38.5 Å². The molecular weight excluding hydrogens is 254 g/mol. The maximum absolute atomic E-state index is 5.95. The first kappa shape index (κ1) is 13.3. The summed E-state index contributed by atoms with van der Waals surface area (Å²) in [5.74, 6) is 0.789. The fraction of sp³-hybridized carbons (Fsp3) is 0.643. The number of hydrogen-bond acceptors (Lipinski definition) is 5. The lowest BCUT2D eigenvalue weighted by molar-refractivity contribution is 0.0501. The summed E-state index contributed by atoms with van der Waals surface area (Å²) < 4.78 is 5.95. The zero-order chi connectivity index (χ0) is 13.6. The van der Waals surface area contributed by atoms with E-state index in [1.807, 2.05) is 0 Å².